The van der Waals surface area contributed by atoms with Crippen LogP contribution in [0.3, 0.4) is 0 Å². The number of nitrogens with two attached hydrogens (primary N) is 1. The van der Waals surface area contributed by atoms with Gasteiger partial charge in [-0.05, 0) is 18.6 Å². The summed E-state index contributed by atoms with van der Waals surface area (Å²) in [5, 5.41) is 0. The summed E-state index contributed by atoms with van der Waals surface area (Å²) >= 11 is 0. The summed E-state index contributed by atoms with van der Waals surface area (Å²) in [7, 11) is 3.13. The predicted octanol–water partition coefficient (Wildman–Crippen LogP) is 1.90. The van der Waals surface area contributed by atoms with Crippen LogP contribution in [-0.2, 0) is 0 Å². The average molecular weight is 280 g/mol. The lowest BCUT2D eigenvalue weighted by molar-refractivity contribution is 0.0757. The number of carbonyl (C=O) groups is 1. The molecule has 0 unspecified atom stereocenters. The summed E-state index contributed by atoms with van der Waals surface area (Å²) in [6.07, 6.45) is 2.00. The number of unbranched alkanes of at least 4 members (excludes halogenated alkanes) is 1. The lowest BCUT2D eigenvalue weighted by Gasteiger charge is -2.22. The predicted molar refractivity (Wildman–Crippen MR) is 79.4 cm³/mol. The molecule has 0 aliphatic carbocycles. The highest BCUT2D eigenvalue weighted by atomic mass is 16.5. The van der Waals surface area contributed by atoms with Crippen LogP contribution in [0.2, 0.25) is 0 Å². The Balaban J connectivity index is 2.97. The molecule has 0 atom stereocenters. The molecule has 0 fully saturated rings. The maximum atomic E-state index is 12.5. The number of rotatable bonds is 8. The molecule has 0 saturated carbocycles. The normalized spacial score (nSPS) is 10.2. The van der Waals surface area contributed by atoms with Crippen LogP contribution in [0.15, 0.2) is 18.2 Å². The van der Waals surface area contributed by atoms with Crippen LogP contribution in [-0.4, -0.2) is 44.7 Å². The first-order valence-electron chi connectivity index (χ1n) is 6.88. The van der Waals surface area contributed by atoms with E-state index in [2.05, 4.69) is 6.92 Å². The van der Waals surface area contributed by atoms with Crippen molar-refractivity contribution in [1.29, 1.82) is 0 Å². The summed E-state index contributed by atoms with van der Waals surface area (Å²) in [6.45, 7) is 3.82. The molecular weight excluding hydrogens is 256 g/mol. The van der Waals surface area contributed by atoms with E-state index in [1.54, 1.807) is 37.3 Å². The van der Waals surface area contributed by atoms with Gasteiger partial charge in [0.15, 0.2) is 0 Å². The van der Waals surface area contributed by atoms with E-state index in [-0.39, 0.29) is 5.91 Å². The van der Waals surface area contributed by atoms with Gasteiger partial charge in [0.2, 0.25) is 0 Å². The first-order chi connectivity index (χ1) is 9.65. The Hall–Kier alpha value is -1.75. The van der Waals surface area contributed by atoms with Gasteiger partial charge in [0.25, 0.3) is 5.91 Å². The van der Waals surface area contributed by atoms with E-state index in [4.69, 9.17) is 15.2 Å². The SMILES string of the molecule is CCCCN(CCN)C(=O)c1cc(OC)cc(OC)c1. The van der Waals surface area contributed by atoms with Crippen LogP contribution < -0.4 is 15.2 Å². The molecule has 5 heteroatoms. The maximum Gasteiger partial charge on any atom is 0.254 e. The van der Waals surface area contributed by atoms with Gasteiger partial charge in [-0.15, -0.1) is 0 Å². The van der Waals surface area contributed by atoms with Crippen molar-refractivity contribution in [2.24, 2.45) is 5.73 Å². The molecule has 1 rings (SSSR count). The number of benzene rings is 1. The second kappa shape index (κ2) is 8.43. The minimum Gasteiger partial charge on any atom is -0.497 e. The van der Waals surface area contributed by atoms with Crippen molar-refractivity contribution in [1.82, 2.24) is 4.90 Å². The highest BCUT2D eigenvalue weighted by Gasteiger charge is 2.16. The zero-order valence-corrected chi connectivity index (χ0v) is 12.5. The molecule has 1 amide bonds. The van der Waals surface area contributed by atoms with Gasteiger partial charge in [-0.25, -0.2) is 0 Å². The largest absolute Gasteiger partial charge is 0.497 e. The van der Waals surface area contributed by atoms with Crippen LogP contribution >= 0.6 is 0 Å². The van der Waals surface area contributed by atoms with Crippen LogP contribution in [0.25, 0.3) is 0 Å². The number of hydrogen-bond acceptors (Lipinski definition) is 4. The topological polar surface area (TPSA) is 64.8 Å². The molecule has 0 bridgehead atoms. The smallest absolute Gasteiger partial charge is 0.254 e. The molecule has 0 spiro atoms. The quantitative estimate of drug-likeness (QED) is 0.790. The molecule has 0 aliphatic rings. The zero-order valence-electron chi connectivity index (χ0n) is 12.5. The Morgan fingerprint density at radius 2 is 1.75 bits per heavy atom. The van der Waals surface area contributed by atoms with Gasteiger partial charge < -0.3 is 20.1 Å². The third-order valence-electron chi connectivity index (χ3n) is 3.07. The van der Waals surface area contributed by atoms with Gasteiger partial charge >= 0.3 is 0 Å². The average Bonchev–Trinajstić information content (AvgIpc) is 2.50. The van der Waals surface area contributed by atoms with E-state index in [0.29, 0.717) is 36.7 Å². The van der Waals surface area contributed by atoms with Crippen LogP contribution in [0, 0.1) is 0 Å². The fraction of sp³-hybridized carbons (Fsp3) is 0.533. The van der Waals surface area contributed by atoms with Gasteiger partial charge in [0, 0.05) is 31.3 Å². The van der Waals surface area contributed by atoms with E-state index >= 15 is 0 Å². The lowest BCUT2D eigenvalue weighted by atomic mass is 10.1. The number of carbonyl (C=O) groups excluding carboxylic acids is 1. The second-order valence-corrected chi connectivity index (χ2v) is 4.54. The van der Waals surface area contributed by atoms with E-state index in [1.807, 2.05) is 0 Å². The summed E-state index contributed by atoms with van der Waals surface area (Å²) in [6, 6.07) is 5.19. The Labute approximate surface area is 120 Å². The molecule has 0 aliphatic heterocycles. The lowest BCUT2D eigenvalue weighted by Crippen LogP contribution is -2.36. The van der Waals surface area contributed by atoms with Crippen LogP contribution in [0.4, 0.5) is 0 Å². The number of hydrogen-bond donors (Lipinski definition) is 1. The molecule has 5 nitrogen and oxygen atoms in total. The van der Waals surface area contributed by atoms with E-state index < -0.39 is 0 Å². The fourth-order valence-corrected chi connectivity index (χ4v) is 1.93. The minimum atomic E-state index is -0.0406. The van der Waals surface area contributed by atoms with E-state index in [0.717, 1.165) is 12.8 Å². The molecule has 112 valence electrons. The highest BCUT2D eigenvalue weighted by molar-refractivity contribution is 5.95. The molecule has 20 heavy (non-hydrogen) atoms. The van der Waals surface area contributed by atoms with Crippen molar-refractivity contribution in [2.45, 2.75) is 19.8 Å². The Kier molecular flexibility index (Phi) is 6.87. The number of nitrogens with zero attached hydrogens (tertiary/aromatic N) is 1. The first kappa shape index (κ1) is 16.3. The Morgan fingerprint density at radius 1 is 1.15 bits per heavy atom. The van der Waals surface area contributed by atoms with Crippen LogP contribution in [0.1, 0.15) is 30.1 Å². The third-order valence-corrected chi connectivity index (χ3v) is 3.07. The van der Waals surface area contributed by atoms with Gasteiger partial charge in [0.1, 0.15) is 11.5 Å². The van der Waals surface area contributed by atoms with Gasteiger partial charge in [-0.2, -0.15) is 0 Å². The van der Waals surface area contributed by atoms with E-state index in [1.165, 1.54) is 0 Å². The second-order valence-electron chi connectivity index (χ2n) is 4.54. The summed E-state index contributed by atoms with van der Waals surface area (Å²) in [5.41, 5.74) is 6.15. The van der Waals surface area contributed by atoms with Crippen molar-refractivity contribution in [2.75, 3.05) is 33.9 Å². The zero-order chi connectivity index (χ0) is 15.0. The maximum absolute atomic E-state index is 12.5. The molecule has 0 heterocycles. The van der Waals surface area contributed by atoms with Crippen molar-refractivity contribution < 1.29 is 14.3 Å². The van der Waals surface area contributed by atoms with Crippen molar-refractivity contribution in [3.63, 3.8) is 0 Å². The molecule has 1 aromatic rings. The molecule has 0 saturated heterocycles. The van der Waals surface area contributed by atoms with Gasteiger partial charge in [-0.1, -0.05) is 13.3 Å². The van der Waals surface area contributed by atoms with Crippen LogP contribution in [0.5, 0.6) is 11.5 Å². The monoisotopic (exact) mass is 280 g/mol. The van der Waals surface area contributed by atoms with Gasteiger partial charge in [0.05, 0.1) is 14.2 Å². The number of methoxy groups -OCH3 is 2. The van der Waals surface area contributed by atoms with Gasteiger partial charge in [-0.3, -0.25) is 4.79 Å². The van der Waals surface area contributed by atoms with E-state index in [9.17, 15) is 4.79 Å². The molecule has 1 aromatic carbocycles. The molecule has 2 N–H and O–H groups in total. The standard InChI is InChI=1S/C15H24N2O3/c1-4-5-7-17(8-6-16)15(18)12-9-13(19-2)11-14(10-12)20-3/h9-11H,4-8,16H2,1-3H3. The number of amides is 1. The third kappa shape index (κ3) is 4.42. The fourth-order valence-electron chi connectivity index (χ4n) is 1.93. The van der Waals surface area contributed by atoms with Crippen molar-refractivity contribution in [3.05, 3.63) is 23.8 Å². The molecular formula is C15H24N2O3. The summed E-state index contributed by atoms with van der Waals surface area (Å²) in [5.74, 6) is 1.17. The molecule has 0 aromatic heterocycles. The Bertz CT molecular complexity index is 413. The highest BCUT2D eigenvalue weighted by Crippen LogP contribution is 2.23. The van der Waals surface area contributed by atoms with Crippen molar-refractivity contribution >= 4 is 5.91 Å². The first-order valence-corrected chi connectivity index (χ1v) is 6.88. The summed E-state index contributed by atoms with van der Waals surface area (Å²) < 4.78 is 10.4. The van der Waals surface area contributed by atoms with Crippen molar-refractivity contribution in [3.8, 4) is 11.5 Å². The summed E-state index contributed by atoms with van der Waals surface area (Å²) in [4.78, 5) is 14.3. The molecule has 0 radical (unpaired) electrons. The Morgan fingerprint density at radius 3 is 2.20 bits per heavy atom. The minimum absolute atomic E-state index is 0.0406. The number of ether oxygens (including phenoxy) is 2.